The van der Waals surface area contributed by atoms with Gasteiger partial charge in [-0.15, -0.1) is 0 Å². The summed E-state index contributed by atoms with van der Waals surface area (Å²) in [6, 6.07) is 36.8. The molecule has 0 aliphatic rings. The SMILES string of the molecule is O=S(=O)([O-])c1ccccc1C(Cc1ccccc1)(Cc1ccccc1)Cc1ccccc1.[K+]. The van der Waals surface area contributed by atoms with Crippen LogP contribution in [0.2, 0.25) is 0 Å². The Morgan fingerprint density at radius 1 is 0.545 bits per heavy atom. The van der Waals surface area contributed by atoms with Crippen LogP contribution >= 0.6 is 0 Å². The molecule has 0 heterocycles. The Bertz CT molecular complexity index is 1160. The van der Waals surface area contributed by atoms with E-state index in [0.29, 0.717) is 24.8 Å². The van der Waals surface area contributed by atoms with E-state index in [-0.39, 0.29) is 56.3 Å². The minimum absolute atomic E-state index is 0. The molecular formula is C28H25KO3S. The van der Waals surface area contributed by atoms with Crippen molar-refractivity contribution in [2.24, 2.45) is 0 Å². The van der Waals surface area contributed by atoms with E-state index in [1.54, 1.807) is 12.1 Å². The molecule has 0 atom stereocenters. The molecule has 5 heteroatoms. The summed E-state index contributed by atoms with van der Waals surface area (Å²) in [7, 11) is -4.64. The monoisotopic (exact) mass is 480 g/mol. The van der Waals surface area contributed by atoms with Gasteiger partial charge in [-0.1, -0.05) is 109 Å². The van der Waals surface area contributed by atoms with Crippen LogP contribution < -0.4 is 51.4 Å². The fourth-order valence-corrected chi connectivity index (χ4v) is 5.35. The van der Waals surface area contributed by atoms with Crippen molar-refractivity contribution >= 4 is 10.1 Å². The van der Waals surface area contributed by atoms with Gasteiger partial charge in [-0.05, 0) is 47.6 Å². The Morgan fingerprint density at radius 3 is 1.24 bits per heavy atom. The maximum atomic E-state index is 12.3. The molecule has 162 valence electrons. The van der Waals surface area contributed by atoms with Crippen molar-refractivity contribution in [1.29, 1.82) is 0 Å². The third-order valence-corrected chi connectivity index (χ3v) is 6.78. The topological polar surface area (TPSA) is 57.2 Å². The molecule has 0 spiro atoms. The van der Waals surface area contributed by atoms with Crippen LogP contribution in [0, 0.1) is 0 Å². The number of hydrogen-bond acceptors (Lipinski definition) is 3. The van der Waals surface area contributed by atoms with Gasteiger partial charge >= 0.3 is 51.4 Å². The maximum absolute atomic E-state index is 12.3. The van der Waals surface area contributed by atoms with Crippen molar-refractivity contribution < 1.29 is 64.4 Å². The summed E-state index contributed by atoms with van der Waals surface area (Å²) < 4.78 is 36.9. The Balaban J connectivity index is 0.00000306. The first kappa shape index (κ1) is 26.0. The second kappa shape index (κ2) is 11.7. The minimum Gasteiger partial charge on any atom is -0.744 e. The molecule has 0 unspecified atom stereocenters. The third-order valence-electron chi connectivity index (χ3n) is 5.88. The van der Waals surface area contributed by atoms with E-state index in [2.05, 4.69) is 36.4 Å². The van der Waals surface area contributed by atoms with E-state index in [4.69, 9.17) is 0 Å². The van der Waals surface area contributed by atoms with E-state index < -0.39 is 15.5 Å². The van der Waals surface area contributed by atoms with Crippen molar-refractivity contribution in [3.05, 3.63) is 138 Å². The molecule has 33 heavy (non-hydrogen) atoms. The van der Waals surface area contributed by atoms with E-state index >= 15 is 0 Å². The van der Waals surface area contributed by atoms with Gasteiger partial charge in [-0.2, -0.15) is 0 Å². The number of hydrogen-bond donors (Lipinski definition) is 0. The van der Waals surface area contributed by atoms with Crippen molar-refractivity contribution in [2.45, 2.75) is 29.6 Å². The van der Waals surface area contributed by atoms with Crippen LogP contribution in [-0.4, -0.2) is 13.0 Å². The second-order valence-electron chi connectivity index (χ2n) is 8.22. The third kappa shape index (κ3) is 6.73. The predicted octanol–water partition coefficient (Wildman–Crippen LogP) is 2.56. The molecule has 0 aliphatic heterocycles. The molecule has 0 saturated heterocycles. The second-order valence-corrected chi connectivity index (χ2v) is 9.57. The summed E-state index contributed by atoms with van der Waals surface area (Å²) in [6.07, 6.45) is 1.80. The summed E-state index contributed by atoms with van der Waals surface area (Å²) in [6.45, 7) is 0. The van der Waals surface area contributed by atoms with Gasteiger partial charge in [0.1, 0.15) is 10.1 Å². The van der Waals surface area contributed by atoms with E-state index in [1.807, 2.05) is 60.7 Å². The van der Waals surface area contributed by atoms with Crippen molar-refractivity contribution in [2.75, 3.05) is 0 Å². The molecule has 4 rings (SSSR count). The zero-order valence-electron chi connectivity index (χ0n) is 18.7. The summed E-state index contributed by atoms with van der Waals surface area (Å²) >= 11 is 0. The van der Waals surface area contributed by atoms with Gasteiger partial charge in [0.2, 0.25) is 0 Å². The van der Waals surface area contributed by atoms with Crippen molar-refractivity contribution in [3.63, 3.8) is 0 Å². The molecule has 3 nitrogen and oxygen atoms in total. The largest absolute Gasteiger partial charge is 1.00 e. The Kier molecular flexibility index (Phi) is 9.24. The van der Waals surface area contributed by atoms with Gasteiger partial charge < -0.3 is 4.55 Å². The number of benzene rings is 4. The molecule has 4 aromatic carbocycles. The van der Waals surface area contributed by atoms with E-state index in [1.165, 1.54) is 6.07 Å². The first-order chi connectivity index (χ1) is 15.5. The molecule has 0 aromatic heterocycles. The molecule has 0 fully saturated rings. The van der Waals surface area contributed by atoms with Crippen molar-refractivity contribution in [3.8, 4) is 0 Å². The summed E-state index contributed by atoms with van der Waals surface area (Å²) in [5, 5.41) is 0. The van der Waals surface area contributed by atoms with Crippen LogP contribution in [0.1, 0.15) is 22.3 Å². The molecular weight excluding hydrogens is 455 g/mol. The van der Waals surface area contributed by atoms with E-state index in [0.717, 1.165) is 16.7 Å². The average molecular weight is 481 g/mol. The zero-order valence-corrected chi connectivity index (χ0v) is 22.7. The van der Waals surface area contributed by atoms with Crippen LogP contribution in [0.3, 0.4) is 0 Å². The van der Waals surface area contributed by atoms with Gasteiger partial charge in [0.05, 0.1) is 4.90 Å². The van der Waals surface area contributed by atoms with Crippen LogP contribution in [0.25, 0.3) is 0 Å². The minimum atomic E-state index is -4.64. The maximum Gasteiger partial charge on any atom is 1.00 e. The van der Waals surface area contributed by atoms with Gasteiger partial charge in [-0.3, -0.25) is 0 Å². The first-order valence-electron chi connectivity index (χ1n) is 10.6. The van der Waals surface area contributed by atoms with Crippen LogP contribution in [-0.2, 0) is 34.8 Å². The van der Waals surface area contributed by atoms with Gasteiger partial charge in [0.15, 0.2) is 0 Å². The van der Waals surface area contributed by atoms with Gasteiger partial charge in [0.25, 0.3) is 0 Å². The number of rotatable bonds is 8. The normalized spacial score (nSPS) is 11.5. The average Bonchev–Trinajstić information content (AvgIpc) is 2.80. The smallest absolute Gasteiger partial charge is 0.744 e. The van der Waals surface area contributed by atoms with Gasteiger partial charge in [0, 0.05) is 5.41 Å². The Labute approximate surface area is 239 Å². The standard InChI is InChI=1S/C28H26O3S.K/c29-32(30,31)27-19-11-10-18-26(27)28(20-23-12-4-1-5-13-23,21-24-14-6-2-7-15-24)22-25-16-8-3-9-17-25;/h1-19H,20-22H2,(H,29,30,31);/q;+1/p-1. The fraction of sp³-hybridized carbons (Fsp3) is 0.143. The summed E-state index contributed by atoms with van der Waals surface area (Å²) in [5.41, 5.74) is 3.23. The van der Waals surface area contributed by atoms with Crippen LogP contribution in [0.15, 0.2) is 120 Å². The molecule has 0 aliphatic carbocycles. The molecule has 0 bridgehead atoms. The van der Waals surface area contributed by atoms with Gasteiger partial charge in [-0.25, -0.2) is 8.42 Å². The predicted molar refractivity (Wildman–Crippen MR) is 127 cm³/mol. The Morgan fingerprint density at radius 2 is 0.879 bits per heavy atom. The quantitative estimate of drug-likeness (QED) is 0.288. The van der Waals surface area contributed by atoms with E-state index in [9.17, 15) is 13.0 Å². The molecule has 0 radical (unpaired) electrons. The zero-order chi connectivity index (χ0) is 22.4. The summed E-state index contributed by atoms with van der Waals surface area (Å²) in [5.74, 6) is 0. The summed E-state index contributed by atoms with van der Waals surface area (Å²) in [4.78, 5) is -0.136. The molecule has 0 N–H and O–H groups in total. The molecule has 0 saturated carbocycles. The van der Waals surface area contributed by atoms with Crippen molar-refractivity contribution in [1.82, 2.24) is 0 Å². The van der Waals surface area contributed by atoms with Crippen LogP contribution in [0.5, 0.6) is 0 Å². The first-order valence-corrected chi connectivity index (χ1v) is 12.0. The fourth-order valence-electron chi connectivity index (χ4n) is 4.56. The molecule has 0 amide bonds. The Hall–Kier alpha value is -1.57. The molecule has 4 aromatic rings. The van der Waals surface area contributed by atoms with Crippen LogP contribution in [0.4, 0.5) is 0 Å².